The first-order chi connectivity index (χ1) is 8.16. The average Bonchev–Trinajstić information content (AvgIpc) is 2.33. The summed E-state index contributed by atoms with van der Waals surface area (Å²) in [7, 11) is 2.16. The van der Waals surface area contributed by atoms with E-state index >= 15 is 0 Å². The Bertz CT molecular complexity index is 352. The summed E-state index contributed by atoms with van der Waals surface area (Å²) in [6.45, 7) is 1.16. The van der Waals surface area contributed by atoms with E-state index < -0.39 is 0 Å². The van der Waals surface area contributed by atoms with Crippen LogP contribution in [0.2, 0.25) is 0 Å². The molecule has 0 spiro atoms. The predicted octanol–water partition coefficient (Wildman–Crippen LogP) is 3.36. The molecular weight excluding hydrogens is 278 g/mol. The minimum absolute atomic E-state index is 0.339. The number of benzene rings is 1. The van der Waals surface area contributed by atoms with Crippen molar-refractivity contribution in [2.45, 2.75) is 37.8 Å². The zero-order valence-corrected chi connectivity index (χ0v) is 11.9. The Hall–Kier alpha value is -0.380. The van der Waals surface area contributed by atoms with Gasteiger partial charge in [0.1, 0.15) is 0 Å². The van der Waals surface area contributed by atoms with Gasteiger partial charge in [0, 0.05) is 10.5 Å². The normalized spacial score (nSPS) is 23.6. The Morgan fingerprint density at radius 2 is 2.06 bits per heavy atom. The topological polar surface area (TPSA) is 23.5 Å². The third-order valence-corrected chi connectivity index (χ3v) is 4.20. The number of nitrogens with zero attached hydrogens (tertiary/aromatic N) is 1. The Labute approximate surface area is 112 Å². The number of likely N-dealkylation sites (tertiary alicyclic amines) is 1. The molecule has 1 saturated heterocycles. The van der Waals surface area contributed by atoms with E-state index in [0.29, 0.717) is 6.04 Å². The van der Waals surface area contributed by atoms with Crippen molar-refractivity contribution in [2.75, 3.05) is 13.6 Å². The molecule has 0 bridgehead atoms. The van der Waals surface area contributed by atoms with Crippen LogP contribution in [0.15, 0.2) is 28.7 Å². The smallest absolute Gasteiger partial charge is 0.0805 e. The summed E-state index contributed by atoms with van der Waals surface area (Å²) in [6, 6.07) is 8.50. The van der Waals surface area contributed by atoms with E-state index in [1.165, 1.54) is 19.3 Å². The molecule has 1 fully saturated rings. The van der Waals surface area contributed by atoms with Crippen molar-refractivity contribution < 1.29 is 5.11 Å². The van der Waals surface area contributed by atoms with Gasteiger partial charge in [0.25, 0.3) is 0 Å². The van der Waals surface area contributed by atoms with Gasteiger partial charge in [-0.2, -0.15) is 0 Å². The number of aliphatic hydroxyl groups excluding tert-OH is 1. The fourth-order valence-electron chi connectivity index (χ4n) is 2.52. The van der Waals surface area contributed by atoms with Crippen molar-refractivity contribution in [1.82, 2.24) is 4.90 Å². The molecule has 1 aliphatic heterocycles. The second-order valence-corrected chi connectivity index (χ2v) is 5.85. The van der Waals surface area contributed by atoms with Crippen LogP contribution in [0.5, 0.6) is 0 Å². The van der Waals surface area contributed by atoms with E-state index in [2.05, 4.69) is 27.9 Å². The van der Waals surface area contributed by atoms with Crippen LogP contribution >= 0.6 is 15.9 Å². The second kappa shape index (κ2) is 5.98. The van der Waals surface area contributed by atoms with Gasteiger partial charge in [-0.3, -0.25) is 0 Å². The van der Waals surface area contributed by atoms with Crippen molar-refractivity contribution >= 4 is 15.9 Å². The molecule has 0 unspecified atom stereocenters. The lowest BCUT2D eigenvalue weighted by atomic mass is 9.94. The fraction of sp³-hybridized carbons (Fsp3) is 0.571. The molecule has 0 amide bonds. The van der Waals surface area contributed by atoms with E-state index in [1.54, 1.807) is 0 Å². The molecule has 94 valence electrons. The van der Waals surface area contributed by atoms with Gasteiger partial charge in [0.2, 0.25) is 0 Å². The molecule has 1 aromatic carbocycles. The molecule has 0 aromatic heterocycles. The number of aliphatic hydroxyl groups is 1. The van der Waals surface area contributed by atoms with Crippen LogP contribution in [0.4, 0.5) is 0 Å². The van der Waals surface area contributed by atoms with Gasteiger partial charge in [-0.05, 0) is 50.6 Å². The van der Waals surface area contributed by atoms with Gasteiger partial charge < -0.3 is 10.0 Å². The van der Waals surface area contributed by atoms with Crippen molar-refractivity contribution in [1.29, 1.82) is 0 Å². The first-order valence-corrected chi connectivity index (χ1v) is 7.10. The molecule has 3 heteroatoms. The van der Waals surface area contributed by atoms with E-state index in [9.17, 15) is 5.11 Å². The fourth-order valence-corrected chi connectivity index (χ4v) is 2.78. The van der Waals surface area contributed by atoms with Crippen LogP contribution in [0.25, 0.3) is 0 Å². The highest BCUT2D eigenvalue weighted by atomic mass is 79.9. The highest BCUT2D eigenvalue weighted by Gasteiger charge is 2.22. The van der Waals surface area contributed by atoms with Crippen molar-refractivity contribution in [3.8, 4) is 0 Å². The Morgan fingerprint density at radius 3 is 2.71 bits per heavy atom. The van der Waals surface area contributed by atoms with Crippen LogP contribution in [-0.2, 0) is 0 Å². The SMILES string of the molecule is CN1CCCC[C@@H]1C[C@@H](O)c1ccc(Br)cc1. The van der Waals surface area contributed by atoms with Crippen LogP contribution in [0.1, 0.15) is 37.4 Å². The Kier molecular flexibility index (Phi) is 4.60. The zero-order chi connectivity index (χ0) is 12.3. The van der Waals surface area contributed by atoms with E-state index in [4.69, 9.17) is 0 Å². The van der Waals surface area contributed by atoms with E-state index in [1.807, 2.05) is 24.3 Å². The summed E-state index contributed by atoms with van der Waals surface area (Å²) in [5.41, 5.74) is 1.02. The molecule has 1 aromatic rings. The highest BCUT2D eigenvalue weighted by molar-refractivity contribution is 9.10. The first-order valence-electron chi connectivity index (χ1n) is 6.30. The molecule has 1 N–H and O–H groups in total. The summed E-state index contributed by atoms with van der Waals surface area (Å²) in [5, 5.41) is 10.2. The van der Waals surface area contributed by atoms with Gasteiger partial charge in [-0.1, -0.05) is 34.5 Å². The van der Waals surface area contributed by atoms with Crippen molar-refractivity contribution in [3.63, 3.8) is 0 Å². The molecule has 0 aliphatic carbocycles. The van der Waals surface area contributed by atoms with Crippen molar-refractivity contribution in [3.05, 3.63) is 34.3 Å². The summed E-state index contributed by atoms with van der Waals surface area (Å²) < 4.78 is 1.06. The minimum atomic E-state index is -0.339. The molecule has 0 radical (unpaired) electrons. The number of hydrogen-bond acceptors (Lipinski definition) is 2. The number of halogens is 1. The summed E-state index contributed by atoms with van der Waals surface area (Å²) in [5.74, 6) is 0. The van der Waals surface area contributed by atoms with Crippen LogP contribution in [0, 0.1) is 0 Å². The predicted molar refractivity (Wildman–Crippen MR) is 74.0 cm³/mol. The molecule has 1 heterocycles. The molecule has 17 heavy (non-hydrogen) atoms. The number of rotatable bonds is 3. The maximum absolute atomic E-state index is 10.2. The third-order valence-electron chi connectivity index (χ3n) is 3.67. The van der Waals surface area contributed by atoms with Gasteiger partial charge in [0.05, 0.1) is 6.10 Å². The second-order valence-electron chi connectivity index (χ2n) is 4.93. The van der Waals surface area contributed by atoms with Crippen LogP contribution in [0.3, 0.4) is 0 Å². The molecule has 2 rings (SSSR count). The van der Waals surface area contributed by atoms with E-state index in [0.717, 1.165) is 23.0 Å². The molecular formula is C14H20BrNO. The molecule has 1 aliphatic rings. The molecule has 0 saturated carbocycles. The standard InChI is InChI=1S/C14H20BrNO/c1-16-9-3-2-4-13(16)10-14(17)11-5-7-12(15)8-6-11/h5-8,13-14,17H,2-4,9-10H2,1H3/t13-,14-/m1/s1. The lowest BCUT2D eigenvalue weighted by molar-refractivity contribution is 0.0944. The Balaban J connectivity index is 1.95. The first kappa shape index (κ1) is 13.1. The van der Waals surface area contributed by atoms with Crippen LogP contribution in [-0.4, -0.2) is 29.6 Å². The minimum Gasteiger partial charge on any atom is -0.388 e. The van der Waals surface area contributed by atoms with E-state index in [-0.39, 0.29) is 6.10 Å². The van der Waals surface area contributed by atoms with Gasteiger partial charge in [0.15, 0.2) is 0 Å². The summed E-state index contributed by atoms with van der Waals surface area (Å²) >= 11 is 3.41. The number of hydrogen-bond donors (Lipinski definition) is 1. The van der Waals surface area contributed by atoms with Crippen LogP contribution < -0.4 is 0 Å². The third kappa shape index (κ3) is 3.54. The van der Waals surface area contributed by atoms with Gasteiger partial charge in [-0.15, -0.1) is 0 Å². The lowest BCUT2D eigenvalue weighted by Crippen LogP contribution is -2.37. The highest BCUT2D eigenvalue weighted by Crippen LogP contribution is 2.26. The molecule has 2 atom stereocenters. The monoisotopic (exact) mass is 297 g/mol. The lowest BCUT2D eigenvalue weighted by Gasteiger charge is -2.33. The quantitative estimate of drug-likeness (QED) is 0.925. The number of piperidine rings is 1. The van der Waals surface area contributed by atoms with Gasteiger partial charge in [-0.25, -0.2) is 0 Å². The zero-order valence-electron chi connectivity index (χ0n) is 10.3. The average molecular weight is 298 g/mol. The molecule has 2 nitrogen and oxygen atoms in total. The maximum Gasteiger partial charge on any atom is 0.0805 e. The summed E-state index contributed by atoms with van der Waals surface area (Å²) in [6.07, 6.45) is 4.31. The van der Waals surface area contributed by atoms with Gasteiger partial charge >= 0.3 is 0 Å². The summed E-state index contributed by atoms with van der Waals surface area (Å²) in [4.78, 5) is 2.38. The van der Waals surface area contributed by atoms with Crippen molar-refractivity contribution in [2.24, 2.45) is 0 Å². The Morgan fingerprint density at radius 1 is 1.35 bits per heavy atom. The maximum atomic E-state index is 10.2. The largest absolute Gasteiger partial charge is 0.388 e.